The molecule has 0 aliphatic carbocycles. The van der Waals surface area contributed by atoms with Crippen LogP contribution in [0.25, 0.3) is 32.2 Å². The smallest absolute Gasteiger partial charge is 0.433 e. The molecule has 4 aromatic rings. The minimum Gasteiger partial charge on any atom is -0.471 e. The number of rotatable bonds is 6. The Bertz CT molecular complexity index is 1860. The van der Waals surface area contributed by atoms with Gasteiger partial charge in [0.1, 0.15) is 41.3 Å². The Hall–Kier alpha value is -3.87. The zero-order valence-electron chi connectivity index (χ0n) is 24.0. The Kier molecular flexibility index (Phi) is 7.21. The van der Waals surface area contributed by atoms with E-state index in [4.69, 9.17) is 15.2 Å². The fourth-order valence-corrected chi connectivity index (χ4v) is 7.84. The lowest BCUT2D eigenvalue weighted by molar-refractivity contribution is -0.140. The van der Waals surface area contributed by atoms with E-state index in [9.17, 15) is 27.2 Å². The van der Waals surface area contributed by atoms with Crippen LogP contribution in [0.15, 0.2) is 18.2 Å². The van der Waals surface area contributed by atoms with E-state index >= 15 is 0 Å². The monoisotopic (exact) mass is 645 g/mol. The van der Waals surface area contributed by atoms with Crippen LogP contribution in [-0.2, 0) is 6.18 Å². The molecule has 0 amide bonds. The summed E-state index contributed by atoms with van der Waals surface area (Å²) in [5.41, 5.74) is 3.31. The number of fused-ring (bicyclic) bond motifs is 3. The molecule has 3 aliphatic rings. The molecule has 0 saturated carbocycles. The summed E-state index contributed by atoms with van der Waals surface area (Å²) in [4.78, 5) is 14.9. The van der Waals surface area contributed by atoms with Crippen molar-refractivity contribution in [3.63, 3.8) is 0 Å². The number of nitrogens with zero attached hydrogens (tertiary/aromatic N) is 5. The van der Waals surface area contributed by atoms with Crippen molar-refractivity contribution in [3.05, 3.63) is 35.3 Å². The number of alkyl halides is 4. The molecule has 3 aromatic heterocycles. The number of benzene rings is 1. The molecule has 7 rings (SSSR count). The molecule has 45 heavy (non-hydrogen) atoms. The highest BCUT2D eigenvalue weighted by Crippen LogP contribution is 2.46. The van der Waals surface area contributed by atoms with Gasteiger partial charge in [-0.1, -0.05) is 6.07 Å². The van der Waals surface area contributed by atoms with E-state index in [2.05, 4.69) is 25.2 Å². The molecule has 6 heterocycles. The SMILES string of the molecule is CC1NCCC1Oc1nc(OCC23CCCN2CC(F)C3)nc2cc(-c3ccc(F)c4sc(N)c(C#N)c34)c(C(F)(F)F)nc12. The van der Waals surface area contributed by atoms with Crippen LogP contribution in [0, 0.1) is 17.1 Å². The van der Waals surface area contributed by atoms with Gasteiger partial charge in [-0.3, -0.25) is 4.90 Å². The maximum atomic E-state index is 14.8. The number of nitriles is 1. The second-order valence-electron chi connectivity index (χ2n) is 11.9. The zero-order valence-corrected chi connectivity index (χ0v) is 24.9. The minimum atomic E-state index is -4.95. The number of nitrogen functional groups attached to an aromatic ring is 1. The van der Waals surface area contributed by atoms with Gasteiger partial charge in [0.2, 0.25) is 5.88 Å². The maximum Gasteiger partial charge on any atom is 0.433 e. The van der Waals surface area contributed by atoms with Crippen molar-refractivity contribution in [2.45, 2.75) is 62.6 Å². The van der Waals surface area contributed by atoms with E-state index in [0.29, 0.717) is 25.9 Å². The van der Waals surface area contributed by atoms with E-state index < -0.39 is 41.1 Å². The Morgan fingerprint density at radius 1 is 1.24 bits per heavy atom. The van der Waals surface area contributed by atoms with Gasteiger partial charge >= 0.3 is 12.2 Å². The topological polar surface area (TPSA) is 122 Å². The first kappa shape index (κ1) is 29.8. The number of nitrogens with two attached hydrogens (primary N) is 1. The number of nitrogens with one attached hydrogen (secondary N) is 1. The summed E-state index contributed by atoms with van der Waals surface area (Å²) >= 11 is 0.781. The van der Waals surface area contributed by atoms with Crippen LogP contribution < -0.4 is 20.5 Å². The number of anilines is 1. The Morgan fingerprint density at radius 2 is 2.07 bits per heavy atom. The van der Waals surface area contributed by atoms with Crippen molar-refractivity contribution in [3.8, 4) is 29.1 Å². The first-order valence-electron chi connectivity index (χ1n) is 14.6. The lowest BCUT2D eigenvalue weighted by atomic mass is 9.95. The number of pyridine rings is 1. The minimum absolute atomic E-state index is 0.00800. The molecule has 236 valence electrons. The zero-order chi connectivity index (χ0) is 31.7. The lowest BCUT2D eigenvalue weighted by Crippen LogP contribution is -2.43. The molecule has 1 aromatic carbocycles. The van der Waals surface area contributed by atoms with Gasteiger partial charge < -0.3 is 20.5 Å². The van der Waals surface area contributed by atoms with Crippen LogP contribution in [-0.4, -0.2) is 69.9 Å². The van der Waals surface area contributed by atoms with Crippen molar-refractivity contribution >= 4 is 37.5 Å². The summed E-state index contributed by atoms with van der Waals surface area (Å²) in [6, 6.07) is 5.03. The number of halogens is 5. The van der Waals surface area contributed by atoms with Crippen molar-refractivity contribution in [2.75, 3.05) is 32.0 Å². The highest BCUT2D eigenvalue weighted by molar-refractivity contribution is 7.23. The molecule has 0 spiro atoms. The summed E-state index contributed by atoms with van der Waals surface area (Å²) in [6.45, 7) is 3.71. The average Bonchev–Trinajstić information content (AvgIpc) is 3.73. The van der Waals surface area contributed by atoms with Crippen molar-refractivity contribution < 1.29 is 31.4 Å². The summed E-state index contributed by atoms with van der Waals surface area (Å²) < 4.78 is 85.4. The fourth-order valence-electron chi connectivity index (χ4n) is 6.89. The van der Waals surface area contributed by atoms with Gasteiger partial charge in [0, 0.05) is 30.0 Å². The number of hydrogen-bond acceptors (Lipinski definition) is 10. The molecule has 3 fully saturated rings. The van der Waals surface area contributed by atoms with Crippen LogP contribution in [0.3, 0.4) is 0 Å². The molecule has 0 radical (unpaired) electrons. The van der Waals surface area contributed by atoms with E-state index in [0.717, 1.165) is 36.8 Å². The summed E-state index contributed by atoms with van der Waals surface area (Å²) in [7, 11) is 0. The summed E-state index contributed by atoms with van der Waals surface area (Å²) in [6.07, 6.45) is -3.81. The predicted octanol–water partition coefficient (Wildman–Crippen LogP) is 5.60. The van der Waals surface area contributed by atoms with Gasteiger partial charge in [-0.15, -0.1) is 11.3 Å². The van der Waals surface area contributed by atoms with E-state index in [1.807, 2.05) is 13.0 Å². The van der Waals surface area contributed by atoms with Gasteiger partial charge in [-0.25, -0.2) is 13.8 Å². The second kappa shape index (κ2) is 10.9. The van der Waals surface area contributed by atoms with Crippen LogP contribution in [0.4, 0.5) is 27.0 Å². The van der Waals surface area contributed by atoms with Gasteiger partial charge in [0.05, 0.1) is 15.8 Å². The van der Waals surface area contributed by atoms with Gasteiger partial charge in [0.25, 0.3) is 0 Å². The highest BCUT2D eigenvalue weighted by atomic mass is 32.1. The van der Waals surface area contributed by atoms with Crippen LogP contribution in [0.5, 0.6) is 11.9 Å². The average molecular weight is 646 g/mol. The molecule has 3 N–H and O–H groups in total. The van der Waals surface area contributed by atoms with Gasteiger partial charge in [0.15, 0.2) is 11.2 Å². The third kappa shape index (κ3) is 5.08. The molecule has 3 saturated heterocycles. The summed E-state index contributed by atoms with van der Waals surface area (Å²) in [5.74, 6) is -0.894. The molecule has 4 unspecified atom stereocenters. The van der Waals surface area contributed by atoms with Crippen LogP contribution >= 0.6 is 11.3 Å². The third-order valence-electron chi connectivity index (χ3n) is 9.05. The van der Waals surface area contributed by atoms with Crippen molar-refractivity contribution in [1.29, 1.82) is 5.26 Å². The molecule has 3 aliphatic heterocycles. The normalized spacial score (nSPS) is 25.2. The first-order chi connectivity index (χ1) is 21.5. The first-order valence-corrected chi connectivity index (χ1v) is 15.4. The predicted molar refractivity (Wildman–Crippen MR) is 157 cm³/mol. The summed E-state index contributed by atoms with van der Waals surface area (Å²) in [5, 5.41) is 12.9. The molecule has 4 atom stereocenters. The number of ether oxygens (including phenoxy) is 2. The van der Waals surface area contributed by atoms with Crippen LogP contribution in [0.1, 0.15) is 43.9 Å². The van der Waals surface area contributed by atoms with E-state index in [1.54, 1.807) is 0 Å². The molecule has 0 bridgehead atoms. The lowest BCUT2D eigenvalue weighted by Gasteiger charge is -2.30. The standard InChI is InChI=1S/C30H28F5N7O2S/c1-14-21(5-7-38-14)44-27-23-20(39-28(41-27)43-13-29-6-2-8-42(29)12-15(31)10-29)9-17(25(40-23)30(33,34)35)16-3-4-19(32)24-22(16)18(11-36)26(37)45-24/h3-4,9,14-15,21,38H,2,5-8,10,12-13,37H2,1H3. The largest absolute Gasteiger partial charge is 0.471 e. The fraction of sp³-hybridized carbons (Fsp3) is 0.467. The van der Waals surface area contributed by atoms with Gasteiger partial charge in [-0.05, 0) is 57.0 Å². The highest BCUT2D eigenvalue weighted by Gasteiger charge is 2.49. The quantitative estimate of drug-likeness (QED) is 0.258. The molecule has 15 heteroatoms. The molecular weight excluding hydrogens is 617 g/mol. The van der Waals surface area contributed by atoms with Crippen LogP contribution in [0.2, 0.25) is 0 Å². The molecular formula is C30H28F5N7O2S. The van der Waals surface area contributed by atoms with E-state index in [1.165, 1.54) is 12.1 Å². The third-order valence-corrected chi connectivity index (χ3v) is 10.1. The van der Waals surface area contributed by atoms with Gasteiger partial charge in [-0.2, -0.15) is 28.4 Å². The number of thiophene rings is 1. The van der Waals surface area contributed by atoms with Crippen molar-refractivity contribution in [1.82, 2.24) is 25.2 Å². The number of hydrogen-bond donors (Lipinski definition) is 2. The molecule has 9 nitrogen and oxygen atoms in total. The second-order valence-corrected chi connectivity index (χ2v) is 12.9. The van der Waals surface area contributed by atoms with Crippen molar-refractivity contribution in [2.24, 2.45) is 0 Å². The number of aromatic nitrogens is 3. The Balaban J connectivity index is 1.40. The van der Waals surface area contributed by atoms with E-state index in [-0.39, 0.29) is 61.8 Å². The Labute approximate surface area is 258 Å². The maximum absolute atomic E-state index is 14.8. The Morgan fingerprint density at radius 3 is 2.80 bits per heavy atom.